The van der Waals surface area contributed by atoms with E-state index in [1.54, 1.807) is 111 Å². The summed E-state index contributed by atoms with van der Waals surface area (Å²) < 4.78 is 21.8. The SMILES string of the molecule is CC(C)N.CC(C)Nc1nccc(N(CCC[C@H](NC(=O)OC(C)(C)C)C(=O)N(C)C)C(=O)c2ccc3c(c2)CCO3)n1.CN(C)C(=O)[C@H](CCCN(C(=O)c1ccc2c(c1)CCO2)c1ccnc(Cl)n1)NC(=O)OC(C)(C)C. The molecular formula is C56H81ClN12O10. The van der Waals surface area contributed by atoms with E-state index in [1.807, 2.05) is 45.9 Å². The molecule has 4 heterocycles. The zero-order valence-electron chi connectivity index (χ0n) is 48.3. The molecule has 6 amide bonds. The van der Waals surface area contributed by atoms with Crippen molar-refractivity contribution in [3.8, 4) is 11.5 Å². The van der Waals surface area contributed by atoms with E-state index in [4.69, 9.17) is 36.3 Å². The molecule has 2 atom stereocenters. The second-order valence-electron chi connectivity index (χ2n) is 21.9. The van der Waals surface area contributed by atoms with Gasteiger partial charge in [-0.25, -0.2) is 24.5 Å². The number of carbonyl (C=O) groups is 6. The van der Waals surface area contributed by atoms with E-state index in [-0.39, 0.29) is 54.5 Å². The summed E-state index contributed by atoms with van der Waals surface area (Å²) in [5.74, 6) is 1.73. The van der Waals surface area contributed by atoms with Gasteiger partial charge < -0.3 is 50.4 Å². The Bertz CT molecular complexity index is 2710. The van der Waals surface area contributed by atoms with Gasteiger partial charge in [-0.15, -0.1) is 0 Å². The van der Waals surface area contributed by atoms with Crippen molar-refractivity contribution < 1.29 is 47.7 Å². The molecule has 23 heteroatoms. The second-order valence-corrected chi connectivity index (χ2v) is 22.2. The van der Waals surface area contributed by atoms with Gasteiger partial charge in [0.15, 0.2) is 0 Å². The molecule has 0 fully saturated rings. The Morgan fingerprint density at radius 1 is 0.646 bits per heavy atom. The number of nitrogens with zero attached hydrogens (tertiary/aromatic N) is 8. The fourth-order valence-corrected chi connectivity index (χ4v) is 7.98. The van der Waals surface area contributed by atoms with Gasteiger partial charge in [0, 0.05) is 83.7 Å². The molecule has 4 aromatic rings. The topological polar surface area (TPSA) is 266 Å². The molecule has 432 valence electrons. The van der Waals surface area contributed by atoms with Gasteiger partial charge in [-0.2, -0.15) is 4.98 Å². The third-order valence-corrected chi connectivity index (χ3v) is 11.4. The quantitative estimate of drug-likeness (QED) is 0.0704. The van der Waals surface area contributed by atoms with Crippen molar-refractivity contribution in [2.24, 2.45) is 5.73 Å². The zero-order chi connectivity index (χ0) is 58.8. The average molecular weight is 1120 g/mol. The number of nitrogens with one attached hydrogen (secondary N) is 3. The molecule has 0 aliphatic carbocycles. The molecular weight excluding hydrogens is 1040 g/mol. The first-order valence-electron chi connectivity index (χ1n) is 26.4. The van der Waals surface area contributed by atoms with E-state index in [0.717, 1.165) is 35.5 Å². The van der Waals surface area contributed by atoms with Gasteiger partial charge >= 0.3 is 12.2 Å². The lowest BCUT2D eigenvalue weighted by atomic mass is 10.1. The first kappa shape index (κ1) is 64.2. The molecule has 0 bridgehead atoms. The van der Waals surface area contributed by atoms with Gasteiger partial charge in [-0.05, 0) is 158 Å². The molecule has 5 N–H and O–H groups in total. The number of hydrogen-bond donors (Lipinski definition) is 4. The second kappa shape index (κ2) is 29.6. The molecule has 2 aromatic carbocycles. The lowest BCUT2D eigenvalue weighted by Crippen LogP contribution is -2.48. The number of carbonyl (C=O) groups excluding carboxylic acids is 6. The number of fused-ring (bicyclic) bond motifs is 2. The number of halogens is 1. The number of benzene rings is 2. The fourth-order valence-electron chi connectivity index (χ4n) is 7.84. The third kappa shape index (κ3) is 21.4. The Labute approximate surface area is 469 Å². The molecule has 22 nitrogen and oxygen atoms in total. The van der Waals surface area contributed by atoms with E-state index in [1.165, 1.54) is 20.9 Å². The van der Waals surface area contributed by atoms with E-state index in [9.17, 15) is 28.8 Å². The van der Waals surface area contributed by atoms with Crippen LogP contribution in [0.15, 0.2) is 60.9 Å². The molecule has 0 unspecified atom stereocenters. The van der Waals surface area contributed by atoms with Gasteiger partial charge in [0.1, 0.15) is 46.4 Å². The van der Waals surface area contributed by atoms with Gasteiger partial charge in [-0.3, -0.25) is 29.0 Å². The number of amides is 6. The number of nitrogens with two attached hydrogens (primary N) is 1. The highest BCUT2D eigenvalue weighted by atomic mass is 35.5. The molecule has 0 saturated heterocycles. The maximum atomic E-state index is 13.8. The van der Waals surface area contributed by atoms with Crippen molar-refractivity contribution in [1.82, 2.24) is 40.4 Å². The zero-order valence-corrected chi connectivity index (χ0v) is 49.0. The lowest BCUT2D eigenvalue weighted by molar-refractivity contribution is -0.131. The standard InChI is InChI=1S/C28H40N6O5.C25H32ClN5O5.C3H9N/c1-18(2)30-26-29-14-12-23(32-26)34(24(35)20-10-11-22-19(17-20)13-16-38-22)15-8-9-21(25(36)33(6)7)31-27(37)39-28(3,4)5;1-25(2,3)36-24(34)28-18(22(33)30(4)5)7-6-13-31(20-10-12-27-23(26)29-20)21(32)17-8-9-19-16(15-17)11-14-35-19;1-3(2)4/h10-12,14,17-18,21H,8-9,13,15-16H2,1-7H3,(H,31,37)(H,29,30,32);8-10,12,15,18H,6-7,11,13-14H2,1-5H3,(H,28,34);3H,4H2,1-2H3/t21-;18-;/m00./s1. The third-order valence-electron chi connectivity index (χ3n) is 11.2. The molecule has 2 aliphatic rings. The van der Waals surface area contributed by atoms with Crippen LogP contribution in [0.25, 0.3) is 0 Å². The van der Waals surface area contributed by atoms with Crippen LogP contribution >= 0.6 is 11.6 Å². The first-order valence-corrected chi connectivity index (χ1v) is 26.8. The average Bonchev–Trinajstić information content (AvgIpc) is 4.07. The highest BCUT2D eigenvalue weighted by molar-refractivity contribution is 6.28. The van der Waals surface area contributed by atoms with Crippen LogP contribution < -0.4 is 41.0 Å². The summed E-state index contributed by atoms with van der Waals surface area (Å²) in [6.45, 7) is 20.0. The lowest BCUT2D eigenvalue weighted by Gasteiger charge is -2.26. The predicted octanol–water partition coefficient (Wildman–Crippen LogP) is 7.47. The minimum Gasteiger partial charge on any atom is -0.493 e. The van der Waals surface area contributed by atoms with Crippen molar-refractivity contribution in [3.05, 3.63) is 88.5 Å². The van der Waals surface area contributed by atoms with E-state index >= 15 is 0 Å². The molecule has 0 saturated carbocycles. The van der Waals surface area contributed by atoms with Crippen LogP contribution in [0.1, 0.15) is 127 Å². The van der Waals surface area contributed by atoms with E-state index < -0.39 is 35.5 Å². The maximum absolute atomic E-state index is 13.8. The van der Waals surface area contributed by atoms with Gasteiger partial charge in [-0.1, -0.05) is 13.8 Å². The van der Waals surface area contributed by atoms with Crippen molar-refractivity contribution in [1.29, 1.82) is 0 Å². The van der Waals surface area contributed by atoms with Crippen LogP contribution in [0.3, 0.4) is 0 Å². The summed E-state index contributed by atoms with van der Waals surface area (Å²) in [6.07, 6.45) is 4.58. The summed E-state index contributed by atoms with van der Waals surface area (Å²) in [6, 6.07) is 12.8. The number of likely N-dealkylation sites (N-methyl/N-ethyl adjacent to an activating group) is 2. The highest BCUT2D eigenvalue weighted by Gasteiger charge is 2.30. The molecule has 0 spiro atoms. The maximum Gasteiger partial charge on any atom is 0.408 e. The monoisotopic (exact) mass is 1120 g/mol. The van der Waals surface area contributed by atoms with Crippen LogP contribution in [0.4, 0.5) is 27.2 Å². The number of hydrogen-bond acceptors (Lipinski definition) is 16. The number of rotatable bonds is 18. The Hall–Kier alpha value is -7.33. The highest BCUT2D eigenvalue weighted by Crippen LogP contribution is 2.29. The predicted molar refractivity (Wildman–Crippen MR) is 304 cm³/mol. The smallest absolute Gasteiger partial charge is 0.408 e. The fraction of sp³-hybridized carbons (Fsp3) is 0.536. The number of ether oxygens (including phenoxy) is 4. The van der Waals surface area contributed by atoms with Gasteiger partial charge in [0.05, 0.1) is 13.2 Å². The Kier molecular flexibility index (Phi) is 24.0. The molecule has 2 aromatic heterocycles. The van der Waals surface area contributed by atoms with Crippen LogP contribution in [-0.4, -0.2) is 155 Å². The van der Waals surface area contributed by atoms with Gasteiger partial charge in [0.25, 0.3) is 11.8 Å². The Balaban J connectivity index is 0.000000320. The Morgan fingerprint density at radius 3 is 1.43 bits per heavy atom. The summed E-state index contributed by atoms with van der Waals surface area (Å²) in [4.78, 5) is 100. The minimum absolute atomic E-state index is 0.0138. The van der Waals surface area contributed by atoms with Crippen LogP contribution in [0.2, 0.25) is 5.28 Å². The summed E-state index contributed by atoms with van der Waals surface area (Å²) >= 11 is 6.00. The molecule has 79 heavy (non-hydrogen) atoms. The molecule has 2 aliphatic heterocycles. The molecule has 6 rings (SSSR count). The summed E-state index contributed by atoms with van der Waals surface area (Å²) in [5, 5.41) is 8.51. The van der Waals surface area contributed by atoms with E-state index in [0.29, 0.717) is 67.2 Å². The first-order chi connectivity index (χ1) is 37.0. The number of alkyl carbamates (subject to hydrolysis) is 2. The number of anilines is 3. The van der Waals surface area contributed by atoms with Crippen molar-refractivity contribution in [2.75, 3.05) is 69.6 Å². The van der Waals surface area contributed by atoms with Crippen molar-refractivity contribution in [3.63, 3.8) is 0 Å². The normalized spacial score (nSPS) is 13.0. The van der Waals surface area contributed by atoms with Crippen LogP contribution in [0, 0.1) is 0 Å². The minimum atomic E-state index is -0.821. The van der Waals surface area contributed by atoms with E-state index in [2.05, 4.69) is 35.9 Å². The van der Waals surface area contributed by atoms with Crippen molar-refractivity contribution in [2.45, 2.75) is 143 Å². The molecule has 0 radical (unpaired) electrons. The summed E-state index contributed by atoms with van der Waals surface area (Å²) in [5.41, 5.74) is 6.68. The number of aromatic nitrogens is 4. The summed E-state index contributed by atoms with van der Waals surface area (Å²) in [7, 11) is 6.48. The Morgan fingerprint density at radius 2 is 1.05 bits per heavy atom. The van der Waals surface area contributed by atoms with Gasteiger partial charge in [0.2, 0.25) is 23.0 Å². The van der Waals surface area contributed by atoms with Crippen LogP contribution in [-0.2, 0) is 31.9 Å². The van der Waals surface area contributed by atoms with Crippen LogP contribution in [0.5, 0.6) is 11.5 Å². The van der Waals surface area contributed by atoms with Crippen molar-refractivity contribution >= 4 is 65.0 Å². The largest absolute Gasteiger partial charge is 0.493 e.